The molecule has 76 valence electrons. The topological polar surface area (TPSA) is 64.6 Å². The predicted octanol–water partition coefficient (Wildman–Crippen LogP) is -0.515. The molecule has 0 amide bonds. The van der Waals surface area contributed by atoms with Crippen molar-refractivity contribution >= 4 is 24.3 Å². The van der Waals surface area contributed by atoms with Crippen molar-refractivity contribution in [1.82, 2.24) is 5.32 Å². The number of methoxy groups -OCH3 is 2. The van der Waals surface area contributed by atoms with Gasteiger partial charge in [0.1, 0.15) is 12.1 Å². The maximum atomic E-state index is 10.8. The first-order valence-corrected chi connectivity index (χ1v) is 3.60. The van der Waals surface area contributed by atoms with Crippen molar-refractivity contribution in [2.45, 2.75) is 18.5 Å². The van der Waals surface area contributed by atoms with E-state index in [-0.39, 0.29) is 36.4 Å². The van der Waals surface area contributed by atoms with Gasteiger partial charge in [0.05, 0.1) is 14.2 Å². The summed E-state index contributed by atoms with van der Waals surface area (Å²) in [5, 5.41) is 2.73. The molecule has 13 heavy (non-hydrogen) atoms. The highest BCUT2D eigenvalue weighted by Gasteiger charge is 2.39. The number of hydrogen-bond acceptors (Lipinski definition) is 5. The molecule has 5 nitrogen and oxygen atoms in total. The molecule has 0 aromatic heterocycles. The number of esters is 2. The molecule has 0 spiro atoms. The van der Waals surface area contributed by atoms with Crippen molar-refractivity contribution in [1.29, 1.82) is 0 Å². The van der Waals surface area contributed by atoms with E-state index in [1.165, 1.54) is 14.2 Å². The number of nitrogens with one attached hydrogen (secondary N) is 1. The van der Waals surface area contributed by atoms with Crippen LogP contribution in [-0.4, -0.2) is 38.2 Å². The Hall–Kier alpha value is -0.810. The van der Waals surface area contributed by atoms with Crippen molar-refractivity contribution in [2.75, 3.05) is 14.2 Å². The van der Waals surface area contributed by atoms with Gasteiger partial charge in [-0.1, -0.05) is 0 Å². The Morgan fingerprint density at radius 3 is 1.69 bits per heavy atom. The first-order valence-electron chi connectivity index (χ1n) is 3.60. The van der Waals surface area contributed by atoms with Crippen molar-refractivity contribution in [3.05, 3.63) is 0 Å². The van der Waals surface area contributed by atoms with Crippen LogP contribution in [0.15, 0.2) is 0 Å². The summed E-state index contributed by atoms with van der Waals surface area (Å²) in [6.07, 6.45) is 0.458. The van der Waals surface area contributed by atoms with E-state index in [4.69, 9.17) is 0 Å². The van der Waals surface area contributed by atoms with Crippen LogP contribution in [0.3, 0.4) is 0 Å². The molecule has 1 rings (SSSR count). The molecule has 1 fully saturated rings. The maximum Gasteiger partial charge on any atom is 0.322 e. The van der Waals surface area contributed by atoms with Crippen LogP contribution in [0.1, 0.15) is 6.42 Å². The quantitative estimate of drug-likeness (QED) is 0.621. The molecule has 0 aromatic rings. The van der Waals surface area contributed by atoms with Gasteiger partial charge in [0.25, 0.3) is 0 Å². The molecule has 2 atom stereocenters. The predicted molar refractivity (Wildman–Crippen MR) is 46.6 cm³/mol. The zero-order valence-electron chi connectivity index (χ0n) is 7.40. The average molecular weight is 210 g/mol. The van der Waals surface area contributed by atoms with E-state index in [2.05, 4.69) is 14.8 Å². The zero-order valence-corrected chi connectivity index (χ0v) is 8.22. The van der Waals surface area contributed by atoms with E-state index >= 15 is 0 Å². The van der Waals surface area contributed by atoms with Crippen molar-refractivity contribution in [3.8, 4) is 0 Å². The summed E-state index contributed by atoms with van der Waals surface area (Å²) < 4.78 is 8.92. The van der Waals surface area contributed by atoms with Crippen LogP contribution >= 0.6 is 12.4 Å². The van der Waals surface area contributed by atoms with Gasteiger partial charge in [-0.3, -0.25) is 14.9 Å². The Labute approximate surface area is 82.2 Å². The number of halogens is 1. The summed E-state index contributed by atoms with van der Waals surface area (Å²) in [5.41, 5.74) is 0. The van der Waals surface area contributed by atoms with Crippen LogP contribution in [0.4, 0.5) is 0 Å². The van der Waals surface area contributed by atoms with Gasteiger partial charge in [0.2, 0.25) is 0 Å². The molecule has 6 heteroatoms. The summed E-state index contributed by atoms with van der Waals surface area (Å²) in [6.45, 7) is 0. The summed E-state index contributed by atoms with van der Waals surface area (Å²) in [7, 11) is 2.63. The van der Waals surface area contributed by atoms with Crippen molar-refractivity contribution in [3.63, 3.8) is 0 Å². The van der Waals surface area contributed by atoms with E-state index < -0.39 is 0 Å². The molecule has 1 saturated heterocycles. The number of carbonyl (C=O) groups excluding carboxylic acids is 2. The van der Waals surface area contributed by atoms with Crippen LogP contribution in [0.5, 0.6) is 0 Å². The van der Waals surface area contributed by atoms with Gasteiger partial charge >= 0.3 is 11.9 Å². The van der Waals surface area contributed by atoms with Gasteiger partial charge in [-0.15, -0.1) is 12.4 Å². The molecule has 0 saturated carbocycles. The standard InChI is InChI=1S/C7H11NO4.ClH/c1-11-6(9)4-3-5(8-4)7(10)12-2;/h4-5,8H,3H2,1-2H3;1H. The Kier molecular flexibility index (Phi) is 4.72. The lowest BCUT2D eigenvalue weighted by atomic mass is 9.97. The van der Waals surface area contributed by atoms with Gasteiger partial charge in [0, 0.05) is 0 Å². The van der Waals surface area contributed by atoms with Crippen molar-refractivity contribution < 1.29 is 19.1 Å². The fourth-order valence-electron chi connectivity index (χ4n) is 1.07. The summed E-state index contributed by atoms with van der Waals surface area (Å²) in [4.78, 5) is 21.6. The van der Waals surface area contributed by atoms with Crippen molar-refractivity contribution in [2.24, 2.45) is 0 Å². The molecule has 1 aliphatic rings. The van der Waals surface area contributed by atoms with Crippen LogP contribution in [0.25, 0.3) is 0 Å². The third-order valence-electron chi connectivity index (χ3n) is 1.85. The minimum Gasteiger partial charge on any atom is -0.468 e. The maximum absolute atomic E-state index is 10.8. The smallest absolute Gasteiger partial charge is 0.322 e. The van der Waals surface area contributed by atoms with Crippen LogP contribution in [0, 0.1) is 0 Å². The van der Waals surface area contributed by atoms with Gasteiger partial charge in [-0.2, -0.15) is 0 Å². The number of ether oxygens (including phenoxy) is 2. The minimum atomic E-state index is -0.348. The highest BCUT2D eigenvalue weighted by atomic mass is 35.5. The Morgan fingerprint density at radius 1 is 1.15 bits per heavy atom. The first-order chi connectivity index (χ1) is 5.69. The van der Waals surface area contributed by atoms with Crippen LogP contribution in [0.2, 0.25) is 0 Å². The largest absolute Gasteiger partial charge is 0.468 e. The second-order valence-corrected chi connectivity index (χ2v) is 2.55. The van der Waals surface area contributed by atoms with E-state index in [9.17, 15) is 9.59 Å². The molecule has 1 heterocycles. The molecular weight excluding hydrogens is 198 g/mol. The van der Waals surface area contributed by atoms with Crippen LogP contribution in [-0.2, 0) is 19.1 Å². The minimum absolute atomic E-state index is 0. The number of rotatable bonds is 2. The van der Waals surface area contributed by atoms with E-state index in [0.717, 1.165) is 0 Å². The molecule has 2 unspecified atom stereocenters. The van der Waals surface area contributed by atoms with E-state index in [1.807, 2.05) is 0 Å². The summed E-state index contributed by atoms with van der Waals surface area (Å²) in [6, 6.07) is -0.696. The normalized spacial score (nSPS) is 25.1. The Bertz CT molecular complexity index is 183. The second-order valence-electron chi connectivity index (χ2n) is 2.55. The Balaban J connectivity index is 0.00000144. The lowest BCUT2D eigenvalue weighted by Gasteiger charge is -2.32. The SMILES string of the molecule is COC(=O)C1CC(C(=O)OC)N1.Cl. The number of hydrogen-bond donors (Lipinski definition) is 1. The molecule has 1 aliphatic heterocycles. The third-order valence-corrected chi connectivity index (χ3v) is 1.85. The monoisotopic (exact) mass is 209 g/mol. The molecular formula is C7H12ClNO4. The van der Waals surface area contributed by atoms with Gasteiger partial charge in [-0.25, -0.2) is 0 Å². The van der Waals surface area contributed by atoms with Gasteiger partial charge in [0.15, 0.2) is 0 Å². The summed E-state index contributed by atoms with van der Waals surface area (Å²) in [5.74, 6) is -0.676. The Morgan fingerprint density at radius 2 is 1.46 bits per heavy atom. The molecule has 1 N–H and O–H groups in total. The second kappa shape index (κ2) is 5.04. The molecule has 0 bridgehead atoms. The first kappa shape index (κ1) is 12.2. The van der Waals surface area contributed by atoms with E-state index in [0.29, 0.717) is 6.42 Å². The fourth-order valence-corrected chi connectivity index (χ4v) is 1.07. The molecule has 0 aromatic carbocycles. The van der Waals surface area contributed by atoms with Crippen LogP contribution < -0.4 is 5.32 Å². The fraction of sp³-hybridized carbons (Fsp3) is 0.714. The lowest BCUT2D eigenvalue weighted by molar-refractivity contribution is -0.152. The highest BCUT2D eigenvalue weighted by Crippen LogP contribution is 2.13. The lowest BCUT2D eigenvalue weighted by Crippen LogP contribution is -2.60. The molecule has 0 aliphatic carbocycles. The van der Waals surface area contributed by atoms with E-state index in [1.54, 1.807) is 0 Å². The van der Waals surface area contributed by atoms with Gasteiger partial charge < -0.3 is 9.47 Å². The summed E-state index contributed by atoms with van der Waals surface area (Å²) >= 11 is 0. The number of carbonyl (C=O) groups is 2. The highest BCUT2D eigenvalue weighted by molar-refractivity contribution is 5.85. The molecule has 0 radical (unpaired) electrons. The average Bonchev–Trinajstić information content (AvgIpc) is 2.01. The zero-order chi connectivity index (χ0) is 9.14. The third kappa shape index (κ3) is 2.57. The van der Waals surface area contributed by atoms with Gasteiger partial charge in [-0.05, 0) is 6.42 Å².